The van der Waals surface area contributed by atoms with E-state index < -0.39 is 53.6 Å². The Morgan fingerprint density at radius 3 is 2.52 bits per heavy atom. The van der Waals surface area contributed by atoms with Crippen LogP contribution in [0.3, 0.4) is 0 Å². The SMILES string of the molecule is CO[C@@H]1[C@@H](OC(N)=O)[C@@H](O)[C@H](Oc2ccc3c(O)c(NC(=O)c4cccc(C5CCCCC5)c4)c(=O)oc3c2C)OC1(C)C. The maximum absolute atomic E-state index is 13.1. The van der Waals surface area contributed by atoms with Gasteiger partial charge in [-0.25, -0.2) is 9.59 Å². The number of amides is 2. The van der Waals surface area contributed by atoms with E-state index >= 15 is 0 Å². The number of aliphatic hydroxyl groups is 1. The van der Waals surface area contributed by atoms with E-state index in [-0.39, 0.29) is 22.4 Å². The van der Waals surface area contributed by atoms with E-state index in [0.717, 1.165) is 31.2 Å². The second-order valence-corrected chi connectivity index (χ2v) is 11.8. The number of primary amides is 1. The molecule has 0 radical (unpaired) electrons. The molecule has 2 amide bonds. The third-order valence-electron chi connectivity index (χ3n) is 8.48. The highest BCUT2D eigenvalue weighted by Gasteiger charge is 2.53. The van der Waals surface area contributed by atoms with Gasteiger partial charge in [0.2, 0.25) is 6.29 Å². The average Bonchev–Trinajstić information content (AvgIpc) is 2.99. The number of ether oxygens (including phenoxy) is 4. The Bertz CT molecular complexity index is 1610. The zero-order valence-corrected chi connectivity index (χ0v) is 25.1. The van der Waals surface area contributed by atoms with E-state index in [1.807, 2.05) is 18.2 Å². The molecular formula is C32H38N2O10. The average molecular weight is 611 g/mol. The summed E-state index contributed by atoms with van der Waals surface area (Å²) < 4.78 is 28.0. The number of methoxy groups -OCH3 is 1. The Morgan fingerprint density at radius 2 is 1.84 bits per heavy atom. The van der Waals surface area contributed by atoms with Gasteiger partial charge in [-0.05, 0) is 69.4 Å². The molecular weight excluding hydrogens is 572 g/mol. The van der Waals surface area contributed by atoms with Crippen molar-refractivity contribution in [3.05, 3.63) is 63.5 Å². The minimum absolute atomic E-state index is 0.00607. The normalized spacial score (nSPS) is 23.7. The summed E-state index contributed by atoms with van der Waals surface area (Å²) in [5.41, 5.74) is 4.56. The summed E-state index contributed by atoms with van der Waals surface area (Å²) in [7, 11) is 1.38. The lowest BCUT2D eigenvalue weighted by Crippen LogP contribution is -2.65. The van der Waals surface area contributed by atoms with Crippen LogP contribution in [0, 0.1) is 6.92 Å². The number of carbonyl (C=O) groups excluding carboxylic acids is 2. The lowest BCUT2D eigenvalue weighted by atomic mass is 9.83. The van der Waals surface area contributed by atoms with Crippen LogP contribution in [0.2, 0.25) is 0 Å². The third kappa shape index (κ3) is 6.10. The molecule has 3 aromatic rings. The summed E-state index contributed by atoms with van der Waals surface area (Å²) in [4.78, 5) is 37.7. The van der Waals surface area contributed by atoms with Crippen molar-refractivity contribution in [2.45, 2.75) is 89.0 Å². The first-order chi connectivity index (χ1) is 20.9. The molecule has 4 atom stereocenters. The number of anilines is 1. The van der Waals surface area contributed by atoms with Crippen molar-refractivity contribution in [3.63, 3.8) is 0 Å². The molecule has 1 saturated heterocycles. The molecule has 2 heterocycles. The van der Waals surface area contributed by atoms with Crippen LogP contribution in [-0.4, -0.2) is 59.5 Å². The number of hydrogen-bond donors (Lipinski definition) is 4. The maximum atomic E-state index is 13.1. The first kappa shape index (κ1) is 31.3. The van der Waals surface area contributed by atoms with Crippen molar-refractivity contribution in [1.29, 1.82) is 0 Å². The van der Waals surface area contributed by atoms with Crippen LogP contribution in [0.25, 0.3) is 11.0 Å². The van der Waals surface area contributed by atoms with Crippen molar-refractivity contribution >= 4 is 28.7 Å². The smallest absolute Gasteiger partial charge is 0.404 e. The number of carbonyl (C=O) groups is 2. The Kier molecular flexibility index (Phi) is 8.87. The van der Waals surface area contributed by atoms with E-state index in [0.29, 0.717) is 17.0 Å². The van der Waals surface area contributed by atoms with Crippen molar-refractivity contribution in [2.24, 2.45) is 5.73 Å². The topological polar surface area (TPSA) is 180 Å². The van der Waals surface area contributed by atoms with Gasteiger partial charge in [-0.3, -0.25) is 4.79 Å². The maximum Gasteiger partial charge on any atom is 0.404 e. The molecule has 12 nitrogen and oxygen atoms in total. The molecule has 2 aliphatic rings. The number of nitrogens with one attached hydrogen (secondary N) is 1. The van der Waals surface area contributed by atoms with Gasteiger partial charge in [0.1, 0.15) is 17.4 Å². The summed E-state index contributed by atoms with van der Waals surface area (Å²) in [6.07, 6.45) is -0.319. The summed E-state index contributed by atoms with van der Waals surface area (Å²) in [5, 5.41) is 24.7. The van der Waals surface area contributed by atoms with Crippen LogP contribution >= 0.6 is 0 Å². The predicted octanol–water partition coefficient (Wildman–Crippen LogP) is 4.46. The molecule has 44 heavy (non-hydrogen) atoms. The zero-order chi connectivity index (χ0) is 31.8. The number of benzene rings is 2. The van der Waals surface area contributed by atoms with Gasteiger partial charge in [0, 0.05) is 18.2 Å². The van der Waals surface area contributed by atoms with E-state index in [1.54, 1.807) is 26.8 Å². The number of rotatable bonds is 7. The van der Waals surface area contributed by atoms with Gasteiger partial charge in [0.05, 0.1) is 11.0 Å². The lowest BCUT2D eigenvalue weighted by Gasteiger charge is -2.47. The van der Waals surface area contributed by atoms with Gasteiger partial charge in [-0.15, -0.1) is 0 Å². The first-order valence-electron chi connectivity index (χ1n) is 14.6. The molecule has 1 aromatic heterocycles. The Hall–Kier alpha value is -4.13. The first-order valence-corrected chi connectivity index (χ1v) is 14.6. The Labute approximate surface area is 254 Å². The molecule has 5 N–H and O–H groups in total. The number of fused-ring (bicyclic) bond motifs is 1. The monoisotopic (exact) mass is 610 g/mol. The van der Waals surface area contributed by atoms with E-state index in [1.165, 1.54) is 25.7 Å². The van der Waals surface area contributed by atoms with Crippen molar-refractivity contribution in [1.82, 2.24) is 0 Å². The quantitative estimate of drug-likeness (QED) is 0.279. The highest BCUT2D eigenvalue weighted by atomic mass is 16.7. The predicted molar refractivity (Wildman–Crippen MR) is 160 cm³/mol. The summed E-state index contributed by atoms with van der Waals surface area (Å²) in [5.74, 6) is -0.459. The van der Waals surface area contributed by atoms with Crippen LogP contribution in [0.5, 0.6) is 11.5 Å². The fourth-order valence-corrected chi connectivity index (χ4v) is 6.23. The molecule has 236 valence electrons. The number of nitrogens with two attached hydrogens (primary N) is 1. The highest BCUT2D eigenvalue weighted by Crippen LogP contribution is 2.39. The summed E-state index contributed by atoms with van der Waals surface area (Å²) >= 11 is 0. The van der Waals surface area contributed by atoms with Gasteiger partial charge in [0.25, 0.3) is 5.91 Å². The van der Waals surface area contributed by atoms with E-state index in [2.05, 4.69) is 5.32 Å². The Morgan fingerprint density at radius 1 is 1.11 bits per heavy atom. The zero-order valence-electron chi connectivity index (χ0n) is 25.1. The van der Waals surface area contributed by atoms with Gasteiger partial charge < -0.3 is 44.6 Å². The fraction of sp³-hybridized carbons (Fsp3) is 0.469. The second kappa shape index (κ2) is 12.5. The standard InChI is InChI=1S/C32H38N2O10/c1-16-21(41-30-24(36)26(43-31(33)39)27(40-4)32(2,3)44-30)14-13-20-23(35)22(29(38)42-25(16)20)34-28(37)19-12-8-11-18(15-19)17-9-6-5-7-10-17/h8,11-15,17,24,26-27,30,35-36H,5-7,9-10H2,1-4H3,(H2,33,39)(H,34,37)/t24-,26+,27-,30-/m1/s1. The van der Waals surface area contributed by atoms with Gasteiger partial charge >= 0.3 is 11.7 Å². The van der Waals surface area contributed by atoms with Crippen LogP contribution in [0.1, 0.15) is 73.4 Å². The number of aromatic hydroxyl groups is 1. The molecule has 0 unspecified atom stereocenters. The van der Waals surface area contributed by atoms with Gasteiger partial charge in [-0.1, -0.05) is 31.4 Å². The molecule has 2 aromatic carbocycles. The van der Waals surface area contributed by atoms with Crippen molar-refractivity contribution < 1.29 is 43.2 Å². The minimum atomic E-state index is -1.50. The second-order valence-electron chi connectivity index (χ2n) is 11.8. The number of aliphatic hydroxyl groups excluding tert-OH is 1. The summed E-state index contributed by atoms with van der Waals surface area (Å²) in [6.45, 7) is 4.94. The lowest BCUT2D eigenvalue weighted by molar-refractivity contribution is -0.304. The van der Waals surface area contributed by atoms with Gasteiger partial charge in [0.15, 0.2) is 23.6 Å². The van der Waals surface area contributed by atoms with E-state index in [4.69, 9.17) is 29.1 Å². The minimum Gasteiger partial charge on any atom is -0.505 e. The number of hydrogen-bond acceptors (Lipinski definition) is 10. The summed E-state index contributed by atoms with van der Waals surface area (Å²) in [6, 6.07) is 10.3. The largest absolute Gasteiger partial charge is 0.505 e. The highest BCUT2D eigenvalue weighted by molar-refractivity contribution is 6.06. The van der Waals surface area contributed by atoms with Crippen molar-refractivity contribution in [2.75, 3.05) is 12.4 Å². The van der Waals surface area contributed by atoms with Gasteiger partial charge in [-0.2, -0.15) is 0 Å². The molecule has 0 spiro atoms. The van der Waals surface area contributed by atoms with E-state index in [9.17, 15) is 24.6 Å². The molecule has 2 fully saturated rings. The molecule has 12 heteroatoms. The van der Waals surface area contributed by atoms with Crippen molar-refractivity contribution in [3.8, 4) is 11.5 Å². The molecule has 1 saturated carbocycles. The molecule has 0 bridgehead atoms. The third-order valence-corrected chi connectivity index (χ3v) is 8.48. The molecule has 5 rings (SSSR count). The molecule has 1 aliphatic carbocycles. The fourth-order valence-electron chi connectivity index (χ4n) is 6.23. The Balaban J connectivity index is 1.40. The van der Waals surface area contributed by atoms with Crippen LogP contribution < -0.4 is 21.4 Å². The van der Waals surface area contributed by atoms with Crippen LogP contribution in [0.4, 0.5) is 10.5 Å². The van der Waals surface area contributed by atoms with Crippen LogP contribution in [-0.2, 0) is 14.2 Å². The van der Waals surface area contributed by atoms with Crippen LogP contribution in [0.15, 0.2) is 45.6 Å². The number of aryl methyl sites for hydroxylation is 1. The molecule has 1 aliphatic heterocycles.